The molecule has 1 amide bonds. The van der Waals surface area contributed by atoms with Crippen molar-refractivity contribution in [2.24, 2.45) is 5.92 Å². The molecule has 3 heteroatoms. The summed E-state index contributed by atoms with van der Waals surface area (Å²) < 4.78 is 0. The van der Waals surface area contributed by atoms with Crippen molar-refractivity contribution >= 4 is 11.6 Å². The highest BCUT2D eigenvalue weighted by atomic mass is 16.2. The number of carbonyl (C=O) groups excluding carboxylic acids is 1. The third kappa shape index (κ3) is 2.22. The van der Waals surface area contributed by atoms with Crippen molar-refractivity contribution in [2.45, 2.75) is 32.7 Å². The van der Waals surface area contributed by atoms with Crippen LogP contribution in [0.5, 0.6) is 0 Å². The maximum Gasteiger partial charge on any atom is 0.256 e. The molecular formula is C15H22N2O. The van der Waals surface area contributed by atoms with E-state index in [9.17, 15) is 4.79 Å². The predicted molar refractivity (Wildman–Crippen MR) is 74.9 cm³/mol. The fraction of sp³-hybridized carbons (Fsp3) is 0.533. The van der Waals surface area contributed by atoms with Gasteiger partial charge in [0.25, 0.3) is 5.91 Å². The Morgan fingerprint density at radius 2 is 2.17 bits per heavy atom. The molecular weight excluding hydrogens is 224 g/mol. The van der Waals surface area contributed by atoms with Gasteiger partial charge in [0.05, 0.1) is 5.56 Å². The summed E-state index contributed by atoms with van der Waals surface area (Å²) in [6.45, 7) is 5.29. The van der Waals surface area contributed by atoms with Gasteiger partial charge in [0, 0.05) is 25.3 Å². The quantitative estimate of drug-likeness (QED) is 0.889. The molecule has 18 heavy (non-hydrogen) atoms. The number of nitrogens with zero attached hydrogens (tertiary/aromatic N) is 1. The van der Waals surface area contributed by atoms with Crippen LogP contribution in [0.2, 0.25) is 0 Å². The highest BCUT2D eigenvalue weighted by Crippen LogP contribution is 2.29. The molecule has 98 valence electrons. The highest BCUT2D eigenvalue weighted by molar-refractivity contribution is 5.99. The lowest BCUT2D eigenvalue weighted by atomic mass is 10.0. The Bertz CT molecular complexity index is 430. The first kappa shape index (κ1) is 12.9. The summed E-state index contributed by atoms with van der Waals surface area (Å²) in [6.07, 6.45) is 2.15. The van der Waals surface area contributed by atoms with Gasteiger partial charge in [-0.1, -0.05) is 26.0 Å². The lowest BCUT2D eigenvalue weighted by Crippen LogP contribution is -2.37. The van der Waals surface area contributed by atoms with E-state index in [2.05, 4.69) is 19.2 Å². The Morgan fingerprint density at radius 1 is 1.44 bits per heavy atom. The molecule has 0 radical (unpaired) electrons. The van der Waals surface area contributed by atoms with Gasteiger partial charge >= 0.3 is 0 Å². The van der Waals surface area contributed by atoms with E-state index in [1.54, 1.807) is 0 Å². The number of para-hydroxylation sites is 1. The van der Waals surface area contributed by atoms with Crippen LogP contribution in [0, 0.1) is 5.92 Å². The standard InChI is InChI=1S/C15H22N2O/c1-4-14-11(2)9-10-17(14)15(18)12-7-5-6-8-13(12)16-3/h5-8,11,14,16H,4,9-10H2,1-3H3/t11?,14-/m1/s1. The highest BCUT2D eigenvalue weighted by Gasteiger charge is 2.33. The molecule has 1 aromatic rings. The van der Waals surface area contributed by atoms with E-state index >= 15 is 0 Å². The molecule has 1 N–H and O–H groups in total. The van der Waals surface area contributed by atoms with Gasteiger partial charge in [-0.3, -0.25) is 4.79 Å². The van der Waals surface area contributed by atoms with Crippen LogP contribution in [0.15, 0.2) is 24.3 Å². The molecule has 0 spiro atoms. The molecule has 1 aromatic carbocycles. The van der Waals surface area contributed by atoms with E-state index < -0.39 is 0 Å². The number of benzene rings is 1. The molecule has 1 heterocycles. The van der Waals surface area contributed by atoms with Crippen LogP contribution >= 0.6 is 0 Å². The van der Waals surface area contributed by atoms with Crippen molar-refractivity contribution in [1.82, 2.24) is 4.90 Å². The number of rotatable bonds is 3. The molecule has 1 aliphatic heterocycles. The Labute approximate surface area is 109 Å². The number of hydrogen-bond donors (Lipinski definition) is 1. The van der Waals surface area contributed by atoms with Crippen molar-refractivity contribution < 1.29 is 4.79 Å². The van der Waals surface area contributed by atoms with E-state index in [0.717, 1.165) is 30.6 Å². The van der Waals surface area contributed by atoms with E-state index in [-0.39, 0.29) is 5.91 Å². The molecule has 0 aromatic heterocycles. The summed E-state index contributed by atoms with van der Waals surface area (Å²) >= 11 is 0. The van der Waals surface area contributed by atoms with Gasteiger partial charge in [-0.2, -0.15) is 0 Å². The molecule has 0 bridgehead atoms. The number of carbonyl (C=O) groups is 1. The summed E-state index contributed by atoms with van der Waals surface area (Å²) in [7, 11) is 1.86. The number of likely N-dealkylation sites (tertiary alicyclic amines) is 1. The second-order valence-corrected chi connectivity index (χ2v) is 5.04. The van der Waals surface area contributed by atoms with Crippen LogP contribution in [-0.2, 0) is 0 Å². The topological polar surface area (TPSA) is 32.3 Å². The van der Waals surface area contributed by atoms with Gasteiger partial charge in [0.2, 0.25) is 0 Å². The van der Waals surface area contributed by atoms with Crippen LogP contribution in [0.4, 0.5) is 5.69 Å². The molecule has 2 rings (SSSR count). The van der Waals surface area contributed by atoms with Crippen molar-refractivity contribution in [3.05, 3.63) is 29.8 Å². The Hall–Kier alpha value is -1.51. The summed E-state index contributed by atoms with van der Waals surface area (Å²) in [5, 5.41) is 3.10. The summed E-state index contributed by atoms with van der Waals surface area (Å²) in [5.41, 5.74) is 1.70. The van der Waals surface area contributed by atoms with Gasteiger partial charge in [-0.05, 0) is 30.9 Å². The zero-order valence-electron chi connectivity index (χ0n) is 11.4. The van der Waals surface area contributed by atoms with Crippen molar-refractivity contribution in [1.29, 1.82) is 0 Å². The van der Waals surface area contributed by atoms with E-state index in [1.807, 2.05) is 36.2 Å². The lowest BCUT2D eigenvalue weighted by Gasteiger charge is -2.26. The minimum atomic E-state index is 0.163. The zero-order chi connectivity index (χ0) is 13.1. The van der Waals surface area contributed by atoms with E-state index in [4.69, 9.17) is 0 Å². The van der Waals surface area contributed by atoms with Gasteiger partial charge in [0.1, 0.15) is 0 Å². The Balaban J connectivity index is 2.26. The summed E-state index contributed by atoms with van der Waals surface area (Å²) in [6, 6.07) is 8.13. The first-order valence-electron chi connectivity index (χ1n) is 6.76. The zero-order valence-corrected chi connectivity index (χ0v) is 11.4. The Kier molecular flexibility index (Phi) is 3.90. The van der Waals surface area contributed by atoms with Crippen LogP contribution in [0.25, 0.3) is 0 Å². The second-order valence-electron chi connectivity index (χ2n) is 5.04. The SMILES string of the molecule is CC[C@@H]1C(C)CCN1C(=O)c1ccccc1NC. The number of anilines is 1. The largest absolute Gasteiger partial charge is 0.387 e. The molecule has 1 aliphatic rings. The molecule has 0 saturated carbocycles. The smallest absolute Gasteiger partial charge is 0.256 e. The van der Waals surface area contributed by atoms with Crippen molar-refractivity contribution in [3.8, 4) is 0 Å². The monoisotopic (exact) mass is 246 g/mol. The summed E-state index contributed by atoms with van der Waals surface area (Å²) in [5.74, 6) is 0.775. The normalized spacial score (nSPS) is 23.2. The lowest BCUT2D eigenvalue weighted by molar-refractivity contribution is 0.0719. The molecule has 1 fully saturated rings. The van der Waals surface area contributed by atoms with Crippen molar-refractivity contribution in [3.63, 3.8) is 0 Å². The minimum absolute atomic E-state index is 0.163. The number of hydrogen-bond acceptors (Lipinski definition) is 2. The fourth-order valence-corrected chi connectivity index (χ4v) is 2.93. The van der Waals surface area contributed by atoms with Crippen LogP contribution in [0.1, 0.15) is 37.0 Å². The van der Waals surface area contributed by atoms with Crippen LogP contribution < -0.4 is 5.32 Å². The van der Waals surface area contributed by atoms with Gasteiger partial charge in [-0.15, -0.1) is 0 Å². The van der Waals surface area contributed by atoms with Crippen molar-refractivity contribution in [2.75, 3.05) is 18.9 Å². The summed E-state index contributed by atoms with van der Waals surface area (Å²) in [4.78, 5) is 14.7. The van der Waals surface area contributed by atoms with Gasteiger partial charge in [0.15, 0.2) is 0 Å². The molecule has 2 atom stereocenters. The first-order chi connectivity index (χ1) is 8.69. The fourth-order valence-electron chi connectivity index (χ4n) is 2.93. The molecule has 1 unspecified atom stereocenters. The molecule has 1 saturated heterocycles. The van der Waals surface area contributed by atoms with Gasteiger partial charge in [-0.25, -0.2) is 0 Å². The third-order valence-electron chi connectivity index (χ3n) is 3.99. The van der Waals surface area contributed by atoms with E-state index in [1.165, 1.54) is 0 Å². The van der Waals surface area contributed by atoms with Crippen LogP contribution in [0.3, 0.4) is 0 Å². The maximum atomic E-state index is 12.6. The Morgan fingerprint density at radius 3 is 2.83 bits per heavy atom. The number of nitrogens with one attached hydrogen (secondary N) is 1. The minimum Gasteiger partial charge on any atom is -0.387 e. The third-order valence-corrected chi connectivity index (χ3v) is 3.99. The first-order valence-corrected chi connectivity index (χ1v) is 6.76. The molecule has 3 nitrogen and oxygen atoms in total. The predicted octanol–water partition coefficient (Wildman–Crippen LogP) is 2.99. The molecule has 0 aliphatic carbocycles. The van der Waals surface area contributed by atoms with Crippen LogP contribution in [-0.4, -0.2) is 30.4 Å². The van der Waals surface area contributed by atoms with Gasteiger partial charge < -0.3 is 10.2 Å². The number of amides is 1. The average Bonchev–Trinajstić information content (AvgIpc) is 2.78. The second kappa shape index (κ2) is 5.42. The van der Waals surface area contributed by atoms with E-state index in [0.29, 0.717) is 12.0 Å². The maximum absolute atomic E-state index is 12.6. The average molecular weight is 246 g/mol.